The van der Waals surface area contributed by atoms with Crippen LogP contribution in [0.3, 0.4) is 0 Å². The van der Waals surface area contributed by atoms with Gasteiger partial charge in [-0.2, -0.15) is 9.36 Å². The van der Waals surface area contributed by atoms with Crippen molar-refractivity contribution in [3.63, 3.8) is 0 Å². The molecule has 1 aromatic rings. The number of anilines is 1. The van der Waals surface area contributed by atoms with E-state index >= 15 is 0 Å². The van der Waals surface area contributed by atoms with Gasteiger partial charge in [0.1, 0.15) is 6.29 Å². The maximum absolute atomic E-state index is 10.9. The Labute approximate surface area is 66.4 Å². The Kier molecular flexibility index (Phi) is 2.27. The third-order valence-electron chi connectivity index (χ3n) is 0.960. The van der Waals surface area contributed by atoms with Crippen molar-refractivity contribution in [2.45, 2.75) is 6.42 Å². The monoisotopic (exact) mass is 171 g/mol. The molecule has 0 unspecified atom stereocenters. The molecule has 0 radical (unpaired) electrons. The minimum atomic E-state index is -0.395. The number of aldehydes is 1. The third-order valence-corrected chi connectivity index (χ3v) is 1.50. The lowest BCUT2D eigenvalue weighted by molar-refractivity contribution is -0.107. The van der Waals surface area contributed by atoms with Crippen molar-refractivity contribution in [2.24, 2.45) is 0 Å². The highest BCUT2D eigenvalue weighted by Gasteiger charge is 2.09. The molecule has 0 fully saturated rings. The molecule has 1 heterocycles. The maximum atomic E-state index is 10.9. The average molecular weight is 171 g/mol. The molecule has 0 amide bonds. The minimum Gasteiger partial charge on any atom is -0.374 e. The van der Waals surface area contributed by atoms with Crippen molar-refractivity contribution >= 4 is 28.7 Å². The summed E-state index contributed by atoms with van der Waals surface area (Å²) in [5.41, 5.74) is 5.22. The fourth-order valence-corrected chi connectivity index (χ4v) is 0.965. The van der Waals surface area contributed by atoms with Crippen LogP contribution in [-0.2, 0) is 4.79 Å². The Morgan fingerprint density at radius 2 is 2.45 bits per heavy atom. The fourth-order valence-electron chi connectivity index (χ4n) is 0.515. The summed E-state index contributed by atoms with van der Waals surface area (Å²) in [6.45, 7) is 0. The largest absolute Gasteiger partial charge is 0.374 e. The number of hydrogen-bond acceptors (Lipinski definition) is 6. The van der Waals surface area contributed by atoms with Crippen molar-refractivity contribution < 1.29 is 9.59 Å². The number of hydrogen-bond donors (Lipinski definition) is 1. The lowest BCUT2D eigenvalue weighted by Crippen LogP contribution is -2.01. The van der Waals surface area contributed by atoms with Gasteiger partial charge in [-0.1, -0.05) is 0 Å². The normalized spacial score (nSPS) is 9.45. The maximum Gasteiger partial charge on any atom is 0.211 e. The molecule has 1 aromatic heterocycles. The Morgan fingerprint density at radius 3 is 2.91 bits per heavy atom. The van der Waals surface area contributed by atoms with Crippen LogP contribution in [0.25, 0.3) is 0 Å². The van der Waals surface area contributed by atoms with E-state index in [0.717, 1.165) is 11.5 Å². The topological polar surface area (TPSA) is 85.9 Å². The summed E-state index contributed by atoms with van der Waals surface area (Å²) in [4.78, 5) is 24.4. The van der Waals surface area contributed by atoms with Crippen molar-refractivity contribution in [3.05, 3.63) is 5.82 Å². The van der Waals surface area contributed by atoms with Gasteiger partial charge in [0.25, 0.3) is 0 Å². The van der Waals surface area contributed by atoms with Gasteiger partial charge in [-0.05, 0) is 0 Å². The first-order valence-corrected chi connectivity index (χ1v) is 3.57. The third kappa shape index (κ3) is 1.81. The highest BCUT2D eigenvalue weighted by Crippen LogP contribution is 2.06. The van der Waals surface area contributed by atoms with E-state index < -0.39 is 5.78 Å². The number of nitrogens with two attached hydrogens (primary N) is 1. The Bertz CT molecular complexity index is 283. The zero-order valence-corrected chi connectivity index (χ0v) is 6.30. The van der Waals surface area contributed by atoms with E-state index in [0.29, 0.717) is 6.29 Å². The first kappa shape index (κ1) is 7.80. The van der Waals surface area contributed by atoms with Crippen LogP contribution in [0.5, 0.6) is 0 Å². The zero-order valence-electron chi connectivity index (χ0n) is 5.48. The highest BCUT2D eigenvalue weighted by atomic mass is 32.1. The van der Waals surface area contributed by atoms with Gasteiger partial charge in [-0.25, -0.2) is 0 Å². The molecule has 0 bridgehead atoms. The Hall–Kier alpha value is -1.30. The predicted molar refractivity (Wildman–Crippen MR) is 39.3 cm³/mol. The molecular formula is C5H5N3O2S. The van der Waals surface area contributed by atoms with E-state index in [1.54, 1.807) is 0 Å². The quantitative estimate of drug-likeness (QED) is 0.389. The lowest BCUT2D eigenvalue weighted by Gasteiger charge is -1.83. The van der Waals surface area contributed by atoms with Gasteiger partial charge in [0.2, 0.25) is 11.6 Å². The Morgan fingerprint density at radius 1 is 1.73 bits per heavy atom. The van der Waals surface area contributed by atoms with Crippen LogP contribution in [0.4, 0.5) is 5.13 Å². The summed E-state index contributed by atoms with van der Waals surface area (Å²) in [5, 5.41) is 0.235. The van der Waals surface area contributed by atoms with Crippen LogP contribution in [0.15, 0.2) is 0 Å². The van der Waals surface area contributed by atoms with Crippen LogP contribution in [0, 0.1) is 0 Å². The van der Waals surface area contributed by atoms with E-state index in [1.165, 1.54) is 0 Å². The summed E-state index contributed by atoms with van der Waals surface area (Å²) < 4.78 is 3.63. The molecule has 0 aromatic carbocycles. The van der Waals surface area contributed by atoms with Crippen LogP contribution < -0.4 is 5.73 Å². The molecule has 0 spiro atoms. The first-order valence-electron chi connectivity index (χ1n) is 2.80. The fraction of sp³-hybridized carbons (Fsp3) is 0.200. The van der Waals surface area contributed by atoms with Crippen LogP contribution in [0.1, 0.15) is 17.0 Å². The second-order valence-corrected chi connectivity index (χ2v) is 2.53. The number of nitrogens with zero attached hydrogens (tertiary/aromatic N) is 2. The Balaban J connectivity index is 2.76. The van der Waals surface area contributed by atoms with E-state index in [-0.39, 0.29) is 17.4 Å². The van der Waals surface area contributed by atoms with Gasteiger partial charge >= 0.3 is 0 Å². The van der Waals surface area contributed by atoms with Crippen LogP contribution in [-0.4, -0.2) is 21.4 Å². The molecule has 2 N–H and O–H groups in total. The smallest absolute Gasteiger partial charge is 0.211 e. The molecule has 1 rings (SSSR count). The zero-order chi connectivity index (χ0) is 8.27. The van der Waals surface area contributed by atoms with Crippen molar-refractivity contribution in [2.75, 3.05) is 5.73 Å². The van der Waals surface area contributed by atoms with E-state index in [4.69, 9.17) is 5.73 Å². The number of carbonyl (C=O) groups excluding carboxylic acids is 2. The van der Waals surface area contributed by atoms with E-state index in [2.05, 4.69) is 9.36 Å². The van der Waals surface area contributed by atoms with Gasteiger partial charge in [0, 0.05) is 11.5 Å². The molecule has 5 nitrogen and oxygen atoms in total. The standard InChI is InChI=1S/C5H5N3O2S/c6-5-7-4(8-11-5)3(10)1-2-9/h2H,1H2,(H2,6,7,8). The molecule has 11 heavy (non-hydrogen) atoms. The number of Topliss-reactive ketones (excluding diaryl/α,β-unsaturated/α-hetero) is 1. The molecule has 0 saturated carbocycles. The second-order valence-electron chi connectivity index (χ2n) is 1.75. The van der Waals surface area contributed by atoms with Gasteiger partial charge in [-0.3, -0.25) is 4.79 Å². The van der Waals surface area contributed by atoms with Crippen LogP contribution >= 0.6 is 11.5 Å². The molecule has 0 aliphatic rings. The summed E-state index contributed by atoms with van der Waals surface area (Å²) in [6.07, 6.45) is 0.329. The molecule has 0 atom stereocenters. The highest BCUT2D eigenvalue weighted by molar-refractivity contribution is 7.09. The van der Waals surface area contributed by atoms with Crippen molar-refractivity contribution in [3.8, 4) is 0 Å². The molecule has 0 aliphatic heterocycles. The summed E-state index contributed by atoms with van der Waals surface area (Å²) in [7, 11) is 0. The van der Waals surface area contributed by atoms with Crippen molar-refractivity contribution in [1.29, 1.82) is 0 Å². The van der Waals surface area contributed by atoms with Crippen molar-refractivity contribution in [1.82, 2.24) is 9.36 Å². The summed E-state index contributed by atoms with van der Waals surface area (Å²) in [5.74, 6) is -0.368. The molecule has 0 saturated heterocycles. The predicted octanol–water partition coefficient (Wildman–Crippen LogP) is -0.108. The summed E-state index contributed by atoms with van der Waals surface area (Å²) in [6, 6.07) is 0. The number of nitrogen functional groups attached to an aromatic ring is 1. The lowest BCUT2D eigenvalue weighted by atomic mass is 10.3. The van der Waals surface area contributed by atoms with E-state index in [1.807, 2.05) is 0 Å². The van der Waals surface area contributed by atoms with Crippen LogP contribution in [0.2, 0.25) is 0 Å². The van der Waals surface area contributed by atoms with Gasteiger partial charge < -0.3 is 10.5 Å². The second kappa shape index (κ2) is 3.20. The number of carbonyl (C=O) groups is 2. The minimum absolute atomic E-state index is 0.0274. The number of aromatic nitrogens is 2. The number of ketones is 1. The molecule has 6 heteroatoms. The SMILES string of the molecule is Nc1nc(C(=O)CC=O)ns1. The first-order chi connectivity index (χ1) is 5.24. The number of rotatable bonds is 3. The molecular weight excluding hydrogens is 166 g/mol. The van der Waals surface area contributed by atoms with E-state index in [9.17, 15) is 9.59 Å². The van der Waals surface area contributed by atoms with Gasteiger partial charge in [0.05, 0.1) is 6.42 Å². The van der Waals surface area contributed by atoms with Gasteiger partial charge in [0.15, 0.2) is 5.13 Å². The van der Waals surface area contributed by atoms with Gasteiger partial charge in [-0.15, -0.1) is 0 Å². The average Bonchev–Trinajstić information content (AvgIpc) is 2.36. The molecule has 0 aliphatic carbocycles. The summed E-state index contributed by atoms with van der Waals surface area (Å²) >= 11 is 0.938. The molecule has 58 valence electrons.